The van der Waals surface area contributed by atoms with Gasteiger partial charge in [0.1, 0.15) is 0 Å². The number of ether oxygens (including phenoxy) is 2. The lowest BCUT2D eigenvalue weighted by molar-refractivity contribution is -0.121. The summed E-state index contributed by atoms with van der Waals surface area (Å²) in [6.07, 6.45) is 2.13. The van der Waals surface area contributed by atoms with Gasteiger partial charge >= 0.3 is 0 Å². The third kappa shape index (κ3) is 5.13. The van der Waals surface area contributed by atoms with E-state index in [9.17, 15) is 15.0 Å². The monoisotopic (exact) mass is 344 g/mol. The molecule has 3 N–H and O–H groups in total. The first-order valence-corrected chi connectivity index (χ1v) is 7.58. The Bertz CT molecular complexity index is 774. The Kier molecular flexibility index (Phi) is 6.22. The second-order valence-corrected chi connectivity index (χ2v) is 5.23. The van der Waals surface area contributed by atoms with Crippen molar-refractivity contribution in [2.24, 2.45) is 5.10 Å². The molecule has 0 fully saturated rings. The van der Waals surface area contributed by atoms with E-state index in [0.717, 1.165) is 11.1 Å². The number of nitrogens with zero attached hydrogens (tertiary/aromatic N) is 1. The van der Waals surface area contributed by atoms with Gasteiger partial charge < -0.3 is 19.7 Å². The second kappa shape index (κ2) is 8.58. The van der Waals surface area contributed by atoms with Gasteiger partial charge in [-0.15, -0.1) is 0 Å². The van der Waals surface area contributed by atoms with Crippen LogP contribution in [-0.4, -0.2) is 36.6 Å². The average molecular weight is 344 g/mol. The minimum Gasteiger partial charge on any atom is -0.504 e. The molecule has 2 aromatic rings. The molecule has 0 unspecified atom stereocenters. The van der Waals surface area contributed by atoms with Crippen LogP contribution in [0, 0.1) is 0 Å². The third-order valence-electron chi connectivity index (χ3n) is 3.49. The average Bonchev–Trinajstić information content (AvgIpc) is 2.62. The highest BCUT2D eigenvalue weighted by molar-refractivity contribution is 5.83. The lowest BCUT2D eigenvalue weighted by Gasteiger charge is -2.07. The Hall–Kier alpha value is -3.22. The lowest BCUT2D eigenvalue weighted by atomic mass is 10.1. The first kappa shape index (κ1) is 18.1. The summed E-state index contributed by atoms with van der Waals surface area (Å²) in [7, 11) is 3.10. The Morgan fingerprint density at radius 3 is 2.52 bits per heavy atom. The molecule has 1 amide bonds. The maximum Gasteiger partial charge on any atom is 0.240 e. The Morgan fingerprint density at radius 1 is 1.08 bits per heavy atom. The van der Waals surface area contributed by atoms with E-state index in [1.54, 1.807) is 38.5 Å². The number of phenolic OH excluding ortho intramolecular Hbond substituents is 2. The van der Waals surface area contributed by atoms with E-state index in [1.807, 2.05) is 0 Å². The third-order valence-corrected chi connectivity index (χ3v) is 3.49. The molecule has 0 saturated heterocycles. The van der Waals surface area contributed by atoms with Gasteiger partial charge in [-0.25, -0.2) is 5.43 Å². The minimum atomic E-state index is -0.260. The SMILES string of the molecule is COc1ccc(C=NNC(=O)CCc2ccc(O)c(O)c2)cc1OC. The van der Waals surface area contributed by atoms with Crippen LogP contribution in [-0.2, 0) is 11.2 Å². The standard InChI is InChI=1S/C18H20N2O5/c1-24-16-7-4-13(10-17(16)25-2)11-19-20-18(23)8-5-12-3-6-14(21)15(22)9-12/h3-4,6-7,9-11,21-22H,5,8H2,1-2H3,(H,20,23). The number of hydrogen-bond donors (Lipinski definition) is 3. The molecular weight excluding hydrogens is 324 g/mol. The van der Waals surface area contributed by atoms with Crippen molar-refractivity contribution in [3.05, 3.63) is 47.5 Å². The zero-order valence-corrected chi connectivity index (χ0v) is 14.0. The van der Waals surface area contributed by atoms with Crippen LogP contribution in [0.4, 0.5) is 0 Å². The number of nitrogens with one attached hydrogen (secondary N) is 1. The van der Waals surface area contributed by atoms with Gasteiger partial charge in [0.15, 0.2) is 23.0 Å². The van der Waals surface area contributed by atoms with Crippen LogP contribution < -0.4 is 14.9 Å². The first-order valence-electron chi connectivity index (χ1n) is 7.58. The molecule has 0 atom stereocenters. The number of hydrogen-bond acceptors (Lipinski definition) is 6. The van der Waals surface area contributed by atoms with Crippen LogP contribution in [0.2, 0.25) is 0 Å². The van der Waals surface area contributed by atoms with Gasteiger partial charge in [-0.05, 0) is 47.9 Å². The summed E-state index contributed by atoms with van der Waals surface area (Å²) < 4.78 is 10.3. The topological polar surface area (TPSA) is 100 Å². The molecule has 7 heteroatoms. The number of rotatable bonds is 7. The molecule has 0 heterocycles. The maximum atomic E-state index is 11.8. The zero-order valence-electron chi connectivity index (χ0n) is 14.0. The van der Waals surface area contributed by atoms with Crippen molar-refractivity contribution in [2.45, 2.75) is 12.8 Å². The van der Waals surface area contributed by atoms with Gasteiger partial charge in [0.25, 0.3) is 0 Å². The molecule has 0 aliphatic rings. The van der Waals surface area contributed by atoms with Crippen molar-refractivity contribution >= 4 is 12.1 Å². The molecule has 2 aromatic carbocycles. The molecule has 0 aromatic heterocycles. The van der Waals surface area contributed by atoms with E-state index < -0.39 is 0 Å². The summed E-state index contributed by atoms with van der Waals surface area (Å²) in [4.78, 5) is 11.8. The summed E-state index contributed by atoms with van der Waals surface area (Å²) in [5.41, 5.74) is 3.94. The van der Waals surface area contributed by atoms with Crippen LogP contribution in [0.15, 0.2) is 41.5 Å². The molecule has 0 saturated carbocycles. The highest BCUT2D eigenvalue weighted by Gasteiger charge is 2.05. The van der Waals surface area contributed by atoms with Gasteiger partial charge in [0, 0.05) is 6.42 Å². The molecule has 0 bridgehead atoms. The van der Waals surface area contributed by atoms with E-state index in [0.29, 0.717) is 17.9 Å². The molecule has 2 rings (SSSR count). The lowest BCUT2D eigenvalue weighted by Crippen LogP contribution is -2.17. The number of benzene rings is 2. The summed E-state index contributed by atoms with van der Waals surface area (Å²) in [6, 6.07) is 9.74. The maximum absolute atomic E-state index is 11.8. The molecule has 0 spiro atoms. The fourth-order valence-corrected chi connectivity index (χ4v) is 2.15. The molecule has 0 aliphatic heterocycles. The summed E-state index contributed by atoms with van der Waals surface area (Å²) in [5.74, 6) is 0.534. The van der Waals surface area contributed by atoms with E-state index in [2.05, 4.69) is 10.5 Å². The molecular formula is C18H20N2O5. The zero-order chi connectivity index (χ0) is 18.2. The van der Waals surface area contributed by atoms with Gasteiger partial charge in [-0.2, -0.15) is 5.10 Å². The van der Waals surface area contributed by atoms with Crippen molar-refractivity contribution in [3.8, 4) is 23.0 Å². The normalized spacial score (nSPS) is 10.6. The van der Waals surface area contributed by atoms with Crippen molar-refractivity contribution in [1.82, 2.24) is 5.43 Å². The van der Waals surface area contributed by atoms with E-state index in [1.165, 1.54) is 18.3 Å². The largest absolute Gasteiger partial charge is 0.504 e. The Balaban J connectivity index is 1.86. The Morgan fingerprint density at radius 2 is 1.84 bits per heavy atom. The van der Waals surface area contributed by atoms with E-state index in [-0.39, 0.29) is 23.8 Å². The fraction of sp³-hybridized carbons (Fsp3) is 0.222. The fourth-order valence-electron chi connectivity index (χ4n) is 2.15. The second-order valence-electron chi connectivity index (χ2n) is 5.23. The molecule has 132 valence electrons. The van der Waals surface area contributed by atoms with E-state index >= 15 is 0 Å². The highest BCUT2D eigenvalue weighted by Crippen LogP contribution is 2.27. The molecule has 25 heavy (non-hydrogen) atoms. The van der Waals surface area contributed by atoms with Gasteiger partial charge in [0.05, 0.1) is 20.4 Å². The molecule has 0 radical (unpaired) electrons. The van der Waals surface area contributed by atoms with Crippen LogP contribution in [0.25, 0.3) is 0 Å². The number of aromatic hydroxyl groups is 2. The first-order chi connectivity index (χ1) is 12.0. The van der Waals surface area contributed by atoms with Gasteiger partial charge in [-0.1, -0.05) is 6.07 Å². The highest BCUT2D eigenvalue weighted by atomic mass is 16.5. The van der Waals surface area contributed by atoms with Crippen LogP contribution in [0.5, 0.6) is 23.0 Å². The number of methoxy groups -OCH3 is 2. The number of phenols is 2. The van der Waals surface area contributed by atoms with Crippen LogP contribution >= 0.6 is 0 Å². The Labute approximate surface area is 145 Å². The predicted octanol–water partition coefficient (Wildman–Crippen LogP) is 2.20. The molecule has 7 nitrogen and oxygen atoms in total. The van der Waals surface area contributed by atoms with Gasteiger partial charge in [0.2, 0.25) is 5.91 Å². The quantitative estimate of drug-likeness (QED) is 0.406. The van der Waals surface area contributed by atoms with Crippen molar-refractivity contribution < 1.29 is 24.5 Å². The number of aryl methyl sites for hydroxylation is 1. The van der Waals surface area contributed by atoms with Crippen LogP contribution in [0.1, 0.15) is 17.5 Å². The van der Waals surface area contributed by atoms with Crippen molar-refractivity contribution in [3.63, 3.8) is 0 Å². The number of hydrazone groups is 1. The number of amides is 1. The molecule has 0 aliphatic carbocycles. The van der Waals surface area contributed by atoms with Gasteiger partial charge in [-0.3, -0.25) is 4.79 Å². The minimum absolute atomic E-state index is 0.187. The summed E-state index contributed by atoms with van der Waals surface area (Å²) in [6.45, 7) is 0. The predicted molar refractivity (Wildman–Crippen MR) is 93.4 cm³/mol. The van der Waals surface area contributed by atoms with Crippen molar-refractivity contribution in [1.29, 1.82) is 0 Å². The van der Waals surface area contributed by atoms with E-state index in [4.69, 9.17) is 9.47 Å². The number of carbonyl (C=O) groups excluding carboxylic acids is 1. The summed E-state index contributed by atoms with van der Waals surface area (Å²) in [5, 5.41) is 22.6. The smallest absolute Gasteiger partial charge is 0.240 e. The van der Waals surface area contributed by atoms with Crippen molar-refractivity contribution in [2.75, 3.05) is 14.2 Å². The number of carbonyl (C=O) groups is 1. The van der Waals surface area contributed by atoms with Crippen LogP contribution in [0.3, 0.4) is 0 Å². The summed E-state index contributed by atoms with van der Waals surface area (Å²) >= 11 is 0.